The highest BCUT2D eigenvalue weighted by atomic mass is 16.2. The van der Waals surface area contributed by atoms with Gasteiger partial charge in [0.15, 0.2) is 0 Å². The molecule has 0 radical (unpaired) electrons. The largest absolute Gasteiger partial charge is 0.357 e. The minimum absolute atomic E-state index is 0.0372. The van der Waals surface area contributed by atoms with Gasteiger partial charge in [-0.15, -0.1) is 0 Å². The Balaban J connectivity index is 1.37. The van der Waals surface area contributed by atoms with Gasteiger partial charge in [-0.2, -0.15) is 5.10 Å². The van der Waals surface area contributed by atoms with E-state index in [1.54, 1.807) is 10.8 Å². The molecule has 3 rings (SSSR count). The summed E-state index contributed by atoms with van der Waals surface area (Å²) in [7, 11) is 0. The number of hydrogen-bond acceptors (Lipinski definition) is 5. The van der Waals surface area contributed by atoms with Crippen molar-refractivity contribution in [1.82, 2.24) is 30.0 Å². The second-order valence-electron chi connectivity index (χ2n) is 7.19. The summed E-state index contributed by atoms with van der Waals surface area (Å²) in [5, 5.41) is 10.1. The Labute approximate surface area is 171 Å². The number of carbonyl (C=O) groups excluding carboxylic acids is 1. The maximum atomic E-state index is 12.3. The van der Waals surface area contributed by atoms with Crippen LogP contribution in [0.5, 0.6) is 0 Å². The number of carbonyl (C=O) groups is 1. The van der Waals surface area contributed by atoms with Crippen molar-refractivity contribution < 1.29 is 4.79 Å². The van der Waals surface area contributed by atoms with E-state index in [1.165, 1.54) is 4.68 Å². The molecule has 0 fully saturated rings. The van der Waals surface area contributed by atoms with E-state index in [1.807, 2.05) is 12.1 Å². The van der Waals surface area contributed by atoms with Gasteiger partial charge in [0.1, 0.15) is 11.6 Å². The molecule has 2 aromatic rings. The van der Waals surface area contributed by atoms with Crippen molar-refractivity contribution in [1.29, 1.82) is 0 Å². The first kappa shape index (κ1) is 20.9. The van der Waals surface area contributed by atoms with Crippen LogP contribution >= 0.6 is 0 Å². The number of nitrogens with zero attached hydrogens (tertiary/aromatic N) is 5. The molecule has 0 saturated carbocycles. The van der Waals surface area contributed by atoms with Gasteiger partial charge in [0, 0.05) is 51.9 Å². The van der Waals surface area contributed by atoms with E-state index in [9.17, 15) is 9.59 Å². The van der Waals surface area contributed by atoms with Crippen LogP contribution in [0, 0.1) is 0 Å². The highest BCUT2D eigenvalue weighted by Gasteiger charge is 2.16. The first-order valence-electron chi connectivity index (χ1n) is 10.5. The first-order chi connectivity index (χ1) is 14.1. The Bertz CT molecular complexity index is 853. The van der Waals surface area contributed by atoms with E-state index < -0.39 is 0 Å². The molecule has 0 spiro atoms. The van der Waals surface area contributed by atoms with Crippen LogP contribution in [0.2, 0.25) is 0 Å². The molecule has 3 heterocycles. The molecule has 0 saturated heterocycles. The quantitative estimate of drug-likeness (QED) is 0.621. The summed E-state index contributed by atoms with van der Waals surface area (Å²) in [5.41, 5.74) is 0.913. The Morgan fingerprint density at radius 2 is 2.03 bits per heavy atom. The van der Waals surface area contributed by atoms with Gasteiger partial charge < -0.3 is 15.5 Å². The van der Waals surface area contributed by atoms with E-state index in [4.69, 9.17) is 0 Å². The molecule has 158 valence electrons. The van der Waals surface area contributed by atoms with Crippen LogP contribution in [-0.2, 0) is 26.1 Å². The lowest BCUT2D eigenvalue weighted by Gasteiger charge is -2.19. The molecule has 2 N–H and O–H groups in total. The maximum absolute atomic E-state index is 12.3. The van der Waals surface area contributed by atoms with Crippen molar-refractivity contribution in [2.75, 3.05) is 24.5 Å². The summed E-state index contributed by atoms with van der Waals surface area (Å²) in [6.07, 6.45) is 5.44. The number of anilines is 1. The normalized spacial score (nSPS) is 13.0. The molecule has 0 unspecified atom stereocenters. The Kier molecular flexibility index (Phi) is 7.26. The summed E-state index contributed by atoms with van der Waals surface area (Å²) in [6, 6.07) is 3.73. The molecule has 29 heavy (non-hydrogen) atoms. The highest BCUT2D eigenvalue weighted by Crippen LogP contribution is 2.11. The topological polar surface area (TPSA) is 97.1 Å². The number of pyridine rings is 1. The molecule has 2 amide bonds. The summed E-state index contributed by atoms with van der Waals surface area (Å²) in [4.78, 5) is 30.9. The van der Waals surface area contributed by atoms with Crippen LogP contribution in [0.25, 0.3) is 0 Å². The average Bonchev–Trinajstić information content (AvgIpc) is 3.07. The minimum Gasteiger partial charge on any atom is -0.357 e. The van der Waals surface area contributed by atoms with Crippen molar-refractivity contribution >= 4 is 11.8 Å². The van der Waals surface area contributed by atoms with E-state index in [2.05, 4.69) is 39.5 Å². The van der Waals surface area contributed by atoms with Gasteiger partial charge >= 0.3 is 11.7 Å². The van der Waals surface area contributed by atoms with Gasteiger partial charge in [0.05, 0.1) is 0 Å². The van der Waals surface area contributed by atoms with E-state index >= 15 is 0 Å². The number of fused-ring (bicyclic) bond motifs is 1. The minimum atomic E-state index is -0.227. The van der Waals surface area contributed by atoms with Crippen LogP contribution in [0.3, 0.4) is 0 Å². The van der Waals surface area contributed by atoms with Gasteiger partial charge in [-0.05, 0) is 44.7 Å². The lowest BCUT2D eigenvalue weighted by molar-refractivity contribution is 0.240. The zero-order valence-electron chi connectivity index (χ0n) is 17.4. The fourth-order valence-electron chi connectivity index (χ4n) is 3.53. The van der Waals surface area contributed by atoms with Gasteiger partial charge in [0.2, 0.25) is 0 Å². The molecule has 2 aromatic heterocycles. The Morgan fingerprint density at radius 1 is 1.21 bits per heavy atom. The summed E-state index contributed by atoms with van der Waals surface area (Å²) < 4.78 is 3.28. The van der Waals surface area contributed by atoms with Crippen LogP contribution in [-0.4, -0.2) is 45.0 Å². The standard InChI is InChI=1S/C20H31N7O2/c1-3-25(4-2)17-10-9-16(14-22-17)15-23-19(28)21-11-7-13-27-20(29)26-12-6-5-8-18(26)24-27/h9-10,14H,3-8,11-13,15H2,1-2H3,(H2,21,23,28). The van der Waals surface area contributed by atoms with Gasteiger partial charge in [-0.1, -0.05) is 6.07 Å². The third kappa shape index (κ3) is 5.36. The first-order valence-corrected chi connectivity index (χ1v) is 10.5. The number of urea groups is 1. The fraction of sp³-hybridized carbons (Fsp3) is 0.600. The van der Waals surface area contributed by atoms with E-state index in [0.29, 0.717) is 26.1 Å². The molecular weight excluding hydrogens is 370 g/mol. The number of amides is 2. The van der Waals surface area contributed by atoms with Crippen LogP contribution in [0.15, 0.2) is 23.1 Å². The van der Waals surface area contributed by atoms with Crippen molar-refractivity contribution in [2.24, 2.45) is 0 Å². The molecule has 0 aliphatic carbocycles. The number of aromatic nitrogens is 4. The number of nitrogens with one attached hydrogen (secondary N) is 2. The number of aryl methyl sites for hydroxylation is 2. The predicted octanol–water partition coefficient (Wildman–Crippen LogP) is 1.51. The lowest BCUT2D eigenvalue weighted by atomic mass is 10.2. The van der Waals surface area contributed by atoms with Gasteiger partial charge in [-0.3, -0.25) is 4.57 Å². The SMILES string of the molecule is CCN(CC)c1ccc(CNC(=O)NCCCn2nc3n(c2=O)CCCC3)cn1. The molecular formula is C20H31N7O2. The predicted molar refractivity (Wildman–Crippen MR) is 112 cm³/mol. The summed E-state index contributed by atoms with van der Waals surface area (Å²) in [6.45, 7) is 8.21. The molecule has 0 atom stereocenters. The van der Waals surface area contributed by atoms with Crippen LogP contribution < -0.4 is 21.2 Å². The van der Waals surface area contributed by atoms with Gasteiger partial charge in [0.25, 0.3) is 0 Å². The molecule has 9 heteroatoms. The monoisotopic (exact) mass is 401 g/mol. The molecule has 9 nitrogen and oxygen atoms in total. The zero-order chi connectivity index (χ0) is 20.6. The van der Waals surface area contributed by atoms with Crippen molar-refractivity contribution in [2.45, 2.75) is 59.2 Å². The third-order valence-corrected chi connectivity index (χ3v) is 5.21. The summed E-state index contributed by atoms with van der Waals surface area (Å²) >= 11 is 0. The smallest absolute Gasteiger partial charge is 0.345 e. The summed E-state index contributed by atoms with van der Waals surface area (Å²) in [5.74, 6) is 1.83. The zero-order valence-corrected chi connectivity index (χ0v) is 17.4. The van der Waals surface area contributed by atoms with Crippen LogP contribution in [0.1, 0.15) is 44.5 Å². The third-order valence-electron chi connectivity index (χ3n) is 5.21. The molecule has 1 aliphatic rings. The average molecular weight is 402 g/mol. The van der Waals surface area contributed by atoms with Crippen LogP contribution in [0.4, 0.5) is 10.6 Å². The van der Waals surface area contributed by atoms with Gasteiger partial charge in [-0.25, -0.2) is 19.3 Å². The highest BCUT2D eigenvalue weighted by molar-refractivity contribution is 5.73. The van der Waals surface area contributed by atoms with Crippen molar-refractivity contribution in [3.05, 3.63) is 40.2 Å². The van der Waals surface area contributed by atoms with Crippen molar-refractivity contribution in [3.63, 3.8) is 0 Å². The maximum Gasteiger partial charge on any atom is 0.345 e. The second kappa shape index (κ2) is 10.1. The lowest BCUT2D eigenvalue weighted by Crippen LogP contribution is -2.36. The number of rotatable bonds is 9. The molecule has 0 bridgehead atoms. The molecule has 0 aromatic carbocycles. The van der Waals surface area contributed by atoms with E-state index in [0.717, 1.165) is 56.1 Å². The van der Waals surface area contributed by atoms with Crippen molar-refractivity contribution in [3.8, 4) is 0 Å². The van der Waals surface area contributed by atoms with E-state index in [-0.39, 0.29) is 11.7 Å². The fourth-order valence-corrected chi connectivity index (χ4v) is 3.53. The Hall–Kier alpha value is -2.84. The Morgan fingerprint density at radius 3 is 2.72 bits per heavy atom. The second-order valence-corrected chi connectivity index (χ2v) is 7.19. The molecule has 1 aliphatic heterocycles. The number of hydrogen-bond donors (Lipinski definition) is 2.